The van der Waals surface area contributed by atoms with Gasteiger partial charge in [-0.15, -0.1) is 0 Å². The summed E-state index contributed by atoms with van der Waals surface area (Å²) < 4.78 is 11.4. The highest BCUT2D eigenvalue weighted by Crippen LogP contribution is 2.42. The van der Waals surface area contributed by atoms with Gasteiger partial charge in [0.1, 0.15) is 11.3 Å². The van der Waals surface area contributed by atoms with E-state index in [1.807, 2.05) is 6.07 Å². The van der Waals surface area contributed by atoms with E-state index in [0.717, 1.165) is 27.7 Å². The van der Waals surface area contributed by atoms with Crippen LogP contribution in [0.1, 0.15) is 56.2 Å². The Labute approximate surface area is 246 Å². The molecule has 4 nitrogen and oxygen atoms in total. The third-order valence-electron chi connectivity index (χ3n) is 8.61. The highest BCUT2D eigenvalue weighted by atomic mass is 16.3. The Morgan fingerprint density at radius 2 is 1.43 bits per heavy atom. The topological polar surface area (TPSA) is 34.8 Å². The average Bonchev–Trinajstić information content (AvgIpc) is 3.52. The molecule has 208 valence electrons. The van der Waals surface area contributed by atoms with Crippen LogP contribution in [0.4, 0.5) is 0 Å². The lowest BCUT2D eigenvalue weighted by Gasteiger charge is -2.21. The molecule has 0 radical (unpaired) electrons. The first-order valence-electron chi connectivity index (χ1n) is 14.9. The standard InChI is InChI=1S/C38H36N3O/c1-23(2)30-21-27(26-13-8-7-9-14-26)22-31(24(3)4)35(30)41-33-17-11-10-16-32(33)40(6)38(41)34-25(5)18-19-28-29-15-12-20-39-37(29)42-36(28)34/h7-24H,1-6H3/q+1. The van der Waals surface area contributed by atoms with Gasteiger partial charge in [0.15, 0.2) is 16.6 Å². The van der Waals surface area contributed by atoms with Crippen molar-refractivity contribution in [2.75, 3.05) is 0 Å². The molecule has 0 fully saturated rings. The molecule has 42 heavy (non-hydrogen) atoms. The molecule has 7 rings (SSSR count). The number of aryl methyl sites for hydroxylation is 2. The number of rotatable bonds is 5. The van der Waals surface area contributed by atoms with Crippen LogP contribution in [0.15, 0.2) is 102 Å². The molecule has 7 aromatic rings. The van der Waals surface area contributed by atoms with E-state index < -0.39 is 0 Å². The fourth-order valence-corrected chi connectivity index (χ4v) is 6.49. The zero-order chi connectivity index (χ0) is 29.1. The van der Waals surface area contributed by atoms with E-state index in [4.69, 9.17) is 4.42 Å². The van der Waals surface area contributed by atoms with E-state index in [1.54, 1.807) is 6.20 Å². The summed E-state index contributed by atoms with van der Waals surface area (Å²) in [5.41, 5.74) is 12.6. The first kappa shape index (κ1) is 26.2. The Morgan fingerprint density at radius 1 is 0.738 bits per heavy atom. The van der Waals surface area contributed by atoms with Gasteiger partial charge in [0.05, 0.1) is 7.05 Å². The SMILES string of the molecule is Cc1ccc2c(oc3ncccc32)c1-c1n(-c2c(C(C)C)cc(-c3ccccc3)cc2C(C)C)c2ccccc2[n+]1C. The average molecular weight is 551 g/mol. The van der Waals surface area contributed by atoms with Crippen molar-refractivity contribution in [2.45, 2.75) is 46.5 Å². The maximum Gasteiger partial charge on any atom is 0.299 e. The fraction of sp³-hybridized carbons (Fsp3) is 0.211. The van der Waals surface area contributed by atoms with Gasteiger partial charge in [0.25, 0.3) is 5.82 Å². The maximum atomic E-state index is 6.56. The zero-order valence-electron chi connectivity index (χ0n) is 25.1. The summed E-state index contributed by atoms with van der Waals surface area (Å²) in [5.74, 6) is 1.73. The minimum Gasteiger partial charge on any atom is -0.437 e. The summed E-state index contributed by atoms with van der Waals surface area (Å²) in [4.78, 5) is 4.56. The lowest BCUT2D eigenvalue weighted by molar-refractivity contribution is -0.633. The van der Waals surface area contributed by atoms with E-state index in [2.05, 4.69) is 141 Å². The van der Waals surface area contributed by atoms with Gasteiger partial charge in [-0.25, -0.2) is 9.55 Å². The highest BCUT2D eigenvalue weighted by Gasteiger charge is 2.34. The van der Waals surface area contributed by atoms with Crippen LogP contribution in [0.3, 0.4) is 0 Å². The van der Waals surface area contributed by atoms with Crippen molar-refractivity contribution in [2.24, 2.45) is 7.05 Å². The monoisotopic (exact) mass is 550 g/mol. The number of benzene rings is 4. The molecule has 0 aliphatic heterocycles. The van der Waals surface area contributed by atoms with Gasteiger partial charge in [-0.05, 0) is 71.8 Å². The molecule has 0 N–H and O–H groups in total. The molecule has 0 aliphatic carbocycles. The summed E-state index contributed by atoms with van der Waals surface area (Å²) in [7, 11) is 2.18. The van der Waals surface area contributed by atoms with Gasteiger partial charge >= 0.3 is 0 Å². The van der Waals surface area contributed by atoms with Gasteiger partial charge in [-0.2, -0.15) is 4.57 Å². The minimum absolute atomic E-state index is 0.313. The molecule has 3 heterocycles. The van der Waals surface area contributed by atoms with Gasteiger partial charge < -0.3 is 4.42 Å². The smallest absolute Gasteiger partial charge is 0.299 e. The molecule has 4 heteroatoms. The summed E-state index contributed by atoms with van der Waals surface area (Å²) in [6.07, 6.45) is 1.80. The predicted molar refractivity (Wildman–Crippen MR) is 173 cm³/mol. The van der Waals surface area contributed by atoms with Crippen molar-refractivity contribution in [3.8, 4) is 28.2 Å². The van der Waals surface area contributed by atoms with Gasteiger partial charge in [0, 0.05) is 28.1 Å². The van der Waals surface area contributed by atoms with Crippen LogP contribution >= 0.6 is 0 Å². The maximum absolute atomic E-state index is 6.56. The minimum atomic E-state index is 0.313. The zero-order valence-corrected chi connectivity index (χ0v) is 25.1. The van der Waals surface area contributed by atoms with Crippen LogP contribution in [0.25, 0.3) is 61.3 Å². The van der Waals surface area contributed by atoms with Crippen molar-refractivity contribution in [1.29, 1.82) is 0 Å². The van der Waals surface area contributed by atoms with Crippen molar-refractivity contribution in [3.63, 3.8) is 0 Å². The van der Waals surface area contributed by atoms with E-state index >= 15 is 0 Å². The second-order valence-corrected chi connectivity index (χ2v) is 12.0. The molecule has 0 spiro atoms. The Bertz CT molecular complexity index is 2080. The molecule has 0 aliphatic rings. The number of furan rings is 1. The summed E-state index contributed by atoms with van der Waals surface area (Å²) in [6.45, 7) is 11.4. The van der Waals surface area contributed by atoms with Crippen LogP contribution < -0.4 is 4.57 Å². The van der Waals surface area contributed by atoms with Gasteiger partial charge in [0.2, 0.25) is 5.71 Å². The van der Waals surface area contributed by atoms with E-state index in [9.17, 15) is 0 Å². The molecule has 3 aromatic heterocycles. The third kappa shape index (κ3) is 3.97. The van der Waals surface area contributed by atoms with E-state index in [0.29, 0.717) is 17.5 Å². The first-order valence-corrected chi connectivity index (χ1v) is 14.9. The van der Waals surface area contributed by atoms with Crippen LogP contribution in [-0.2, 0) is 7.05 Å². The fourth-order valence-electron chi connectivity index (χ4n) is 6.49. The van der Waals surface area contributed by atoms with E-state index in [-0.39, 0.29) is 0 Å². The van der Waals surface area contributed by atoms with Crippen LogP contribution in [0.2, 0.25) is 0 Å². The van der Waals surface area contributed by atoms with Crippen LogP contribution in [0, 0.1) is 6.92 Å². The van der Waals surface area contributed by atoms with E-state index in [1.165, 1.54) is 44.5 Å². The predicted octanol–water partition coefficient (Wildman–Crippen LogP) is 9.64. The molecular weight excluding hydrogens is 514 g/mol. The van der Waals surface area contributed by atoms with Crippen molar-refractivity contribution < 1.29 is 8.98 Å². The molecule has 0 unspecified atom stereocenters. The molecule has 4 aromatic carbocycles. The summed E-state index contributed by atoms with van der Waals surface area (Å²) in [6, 6.07) is 32.7. The number of imidazole rings is 1. The van der Waals surface area contributed by atoms with Crippen LogP contribution in [-0.4, -0.2) is 9.55 Å². The lowest BCUT2D eigenvalue weighted by atomic mass is 9.88. The largest absolute Gasteiger partial charge is 0.437 e. The number of fused-ring (bicyclic) bond motifs is 4. The Morgan fingerprint density at radius 3 is 2.14 bits per heavy atom. The molecule has 0 saturated carbocycles. The number of hydrogen-bond acceptors (Lipinski definition) is 2. The van der Waals surface area contributed by atoms with Gasteiger partial charge in [-0.3, -0.25) is 0 Å². The second kappa shape index (κ2) is 9.99. The Kier molecular flexibility index (Phi) is 6.23. The first-order chi connectivity index (χ1) is 20.3. The Hall–Kier alpha value is -4.70. The third-order valence-corrected chi connectivity index (χ3v) is 8.61. The summed E-state index contributed by atoms with van der Waals surface area (Å²) in [5, 5.41) is 2.13. The number of para-hydroxylation sites is 2. The quantitative estimate of drug-likeness (QED) is 0.200. The molecular formula is C38H36N3O+. The Balaban J connectivity index is 1.65. The van der Waals surface area contributed by atoms with Crippen LogP contribution in [0.5, 0.6) is 0 Å². The lowest BCUT2D eigenvalue weighted by Crippen LogP contribution is -2.30. The van der Waals surface area contributed by atoms with Crippen molar-refractivity contribution in [1.82, 2.24) is 9.55 Å². The molecule has 0 bridgehead atoms. The molecule has 0 amide bonds. The normalized spacial score (nSPS) is 12.0. The second-order valence-electron chi connectivity index (χ2n) is 12.0. The highest BCUT2D eigenvalue weighted by molar-refractivity contribution is 6.09. The number of nitrogens with zero attached hydrogens (tertiary/aromatic N) is 3. The molecule has 0 atom stereocenters. The van der Waals surface area contributed by atoms with Crippen molar-refractivity contribution >= 4 is 33.1 Å². The number of hydrogen-bond donors (Lipinski definition) is 0. The number of aromatic nitrogens is 3. The molecule has 0 saturated heterocycles. The number of pyridine rings is 1. The van der Waals surface area contributed by atoms with Crippen molar-refractivity contribution in [3.05, 3.63) is 114 Å². The summed E-state index contributed by atoms with van der Waals surface area (Å²) >= 11 is 0. The van der Waals surface area contributed by atoms with Gasteiger partial charge in [-0.1, -0.05) is 82.3 Å².